The van der Waals surface area contributed by atoms with Gasteiger partial charge in [0.15, 0.2) is 5.78 Å². The molecule has 2 N–H and O–H groups in total. The fourth-order valence-corrected chi connectivity index (χ4v) is 12.7. The van der Waals surface area contributed by atoms with Gasteiger partial charge in [0.25, 0.3) is 11.8 Å². The van der Waals surface area contributed by atoms with E-state index < -0.39 is 5.82 Å². The molecular formula is C72H71FN4O6S2. The zero-order valence-corrected chi connectivity index (χ0v) is 49.7. The van der Waals surface area contributed by atoms with Crippen LogP contribution in [-0.4, -0.2) is 93.7 Å². The summed E-state index contributed by atoms with van der Waals surface area (Å²) in [6.07, 6.45) is 6.09. The first kappa shape index (κ1) is 60.4. The van der Waals surface area contributed by atoms with Crippen molar-refractivity contribution in [3.05, 3.63) is 267 Å². The molecule has 0 bridgehead atoms. The molecule has 0 spiro atoms. The minimum absolute atomic E-state index is 0.107. The van der Waals surface area contributed by atoms with E-state index in [2.05, 4.69) is 113 Å². The standard InChI is InChI=1S/C44H38FN3O4S2.C28H33NO2/c1-47(25-30-17-15-29(16-18-30)23-40-42(50)46-44(53)54-40)26-35-24-36(52-28-33-11-5-6-12-37(33)31-9-3-2-4-10-31)27-48(35)43(51)39-14-8-7-13-38(39)41(49)32-19-21-34(45)22-20-32;1-29(18-22-11-13-23(20-30)14-12-22)19-24-15-16-27(17-24)31-21-26-9-5-6-10-28(26)25-7-3-2-4-8-25/h2-23,35-36H,24-28H2,1H3,(H,46,50,53);2-14,24,27,30H,15-21H2,1H3/b40-23-;/t35-,36?;24-,27?/m00/s1. The van der Waals surface area contributed by atoms with Gasteiger partial charge in [0.1, 0.15) is 10.1 Å². The van der Waals surface area contributed by atoms with Crippen LogP contribution in [0.1, 0.15) is 85.3 Å². The number of ketones is 1. The topological polar surface area (TPSA) is 112 Å². The van der Waals surface area contributed by atoms with Crippen molar-refractivity contribution in [2.45, 2.75) is 76.8 Å². The third-order valence-electron chi connectivity index (χ3n) is 15.9. The van der Waals surface area contributed by atoms with Crippen molar-refractivity contribution < 1.29 is 33.4 Å². The molecule has 10 nitrogen and oxygen atoms in total. The summed E-state index contributed by atoms with van der Waals surface area (Å²) in [6, 6.07) is 65.8. The Morgan fingerprint density at radius 2 is 1.16 bits per heavy atom. The Labute approximate surface area is 508 Å². The highest BCUT2D eigenvalue weighted by Gasteiger charge is 2.38. The highest BCUT2D eigenvalue weighted by Crippen LogP contribution is 2.33. The number of ether oxygens (including phenoxy) is 2. The quantitative estimate of drug-likeness (QED) is 0.0410. The number of aliphatic hydroxyl groups excluding tert-OH is 1. The predicted octanol–water partition coefficient (Wildman–Crippen LogP) is 13.8. The monoisotopic (exact) mass is 1170 g/mol. The third-order valence-corrected chi connectivity index (χ3v) is 17.1. The number of carbonyl (C=O) groups is 3. The van der Waals surface area contributed by atoms with Crippen molar-refractivity contribution in [3.63, 3.8) is 0 Å². The summed E-state index contributed by atoms with van der Waals surface area (Å²) in [7, 11) is 4.22. The van der Waals surface area contributed by atoms with Crippen molar-refractivity contribution in [3.8, 4) is 22.3 Å². The first-order chi connectivity index (χ1) is 41.4. The number of rotatable bonds is 21. The highest BCUT2D eigenvalue weighted by molar-refractivity contribution is 8.26. The lowest BCUT2D eigenvalue weighted by Gasteiger charge is -2.29. The van der Waals surface area contributed by atoms with Gasteiger partial charge >= 0.3 is 0 Å². The van der Waals surface area contributed by atoms with E-state index in [0.717, 1.165) is 59.3 Å². The van der Waals surface area contributed by atoms with Crippen LogP contribution < -0.4 is 5.32 Å². The minimum Gasteiger partial charge on any atom is -0.392 e. The van der Waals surface area contributed by atoms with E-state index in [9.17, 15) is 23.9 Å². The Bertz CT molecular complexity index is 3590. The smallest absolute Gasteiger partial charge is 0.263 e. The lowest BCUT2D eigenvalue weighted by atomic mass is 9.97. The Morgan fingerprint density at radius 1 is 0.635 bits per heavy atom. The van der Waals surface area contributed by atoms with Gasteiger partial charge in [0.05, 0.1) is 42.5 Å². The van der Waals surface area contributed by atoms with Crippen LogP contribution in [0.4, 0.5) is 4.39 Å². The molecule has 85 heavy (non-hydrogen) atoms. The molecule has 2 saturated heterocycles. The Hall–Kier alpha value is -7.72. The molecule has 2 aliphatic heterocycles. The summed E-state index contributed by atoms with van der Waals surface area (Å²) >= 11 is 6.36. The first-order valence-electron chi connectivity index (χ1n) is 29.0. The van der Waals surface area contributed by atoms with Gasteiger partial charge in [-0.3, -0.25) is 14.4 Å². The van der Waals surface area contributed by atoms with Crippen molar-refractivity contribution in [2.75, 3.05) is 33.7 Å². The number of aliphatic hydroxyl groups is 1. The Kier molecular flexibility index (Phi) is 20.9. The number of carbonyl (C=O) groups excluding carboxylic acids is 3. The molecule has 11 rings (SSSR count). The number of likely N-dealkylation sites (tertiary alicyclic amines) is 1. The van der Waals surface area contributed by atoms with Crippen LogP contribution >= 0.6 is 24.0 Å². The fraction of sp³-hybridized carbons (Fsp3) is 0.250. The maximum atomic E-state index is 14.5. The van der Waals surface area contributed by atoms with Crippen LogP contribution in [0, 0.1) is 11.7 Å². The molecule has 1 aliphatic carbocycles. The van der Waals surface area contributed by atoms with Crippen LogP contribution in [0.3, 0.4) is 0 Å². The van der Waals surface area contributed by atoms with E-state index in [1.54, 1.807) is 24.3 Å². The average Bonchev–Trinajstić information content (AvgIpc) is 3.84. The van der Waals surface area contributed by atoms with E-state index in [1.807, 2.05) is 84.8 Å². The normalized spacial score (nSPS) is 18.0. The largest absolute Gasteiger partial charge is 0.392 e. The molecular weight excluding hydrogens is 1100 g/mol. The molecule has 4 atom stereocenters. The van der Waals surface area contributed by atoms with Crippen LogP contribution in [-0.2, 0) is 47.2 Å². The maximum absolute atomic E-state index is 14.5. The third kappa shape index (κ3) is 16.4. The summed E-state index contributed by atoms with van der Waals surface area (Å²) in [5.74, 6) is -0.522. The molecule has 0 radical (unpaired) electrons. The summed E-state index contributed by atoms with van der Waals surface area (Å²) in [6.45, 7) is 4.77. The number of thiocarbonyl (C=S) groups is 1. The maximum Gasteiger partial charge on any atom is 0.263 e. The minimum atomic E-state index is -0.437. The van der Waals surface area contributed by atoms with Gasteiger partial charge in [-0.2, -0.15) is 0 Å². The number of thioether (sulfide) groups is 1. The molecule has 3 aliphatic rings. The summed E-state index contributed by atoms with van der Waals surface area (Å²) < 4.78 is 27.1. The van der Waals surface area contributed by atoms with E-state index >= 15 is 0 Å². The van der Waals surface area contributed by atoms with Crippen molar-refractivity contribution in [1.82, 2.24) is 20.0 Å². The van der Waals surface area contributed by atoms with Gasteiger partial charge in [-0.1, -0.05) is 200 Å². The van der Waals surface area contributed by atoms with Crippen molar-refractivity contribution >= 4 is 52.0 Å². The number of benzene rings is 8. The zero-order valence-electron chi connectivity index (χ0n) is 48.0. The average molecular weight is 1170 g/mol. The van der Waals surface area contributed by atoms with Gasteiger partial charge in [0.2, 0.25) is 0 Å². The van der Waals surface area contributed by atoms with Crippen LogP contribution in [0.2, 0.25) is 0 Å². The second kappa shape index (κ2) is 29.4. The number of nitrogens with zero attached hydrogens (tertiary/aromatic N) is 3. The molecule has 3 fully saturated rings. The fourth-order valence-electron chi connectivity index (χ4n) is 11.6. The molecule has 1 saturated carbocycles. The molecule has 2 heterocycles. The van der Waals surface area contributed by atoms with E-state index in [4.69, 9.17) is 21.7 Å². The van der Waals surface area contributed by atoms with Crippen LogP contribution in [0.15, 0.2) is 211 Å². The van der Waals surface area contributed by atoms with E-state index in [0.29, 0.717) is 71.6 Å². The predicted molar refractivity (Wildman–Crippen MR) is 342 cm³/mol. The second-order valence-corrected chi connectivity index (χ2v) is 24.0. The number of amides is 2. The highest BCUT2D eigenvalue weighted by atomic mass is 32.2. The van der Waals surface area contributed by atoms with Crippen molar-refractivity contribution in [2.24, 2.45) is 5.92 Å². The molecule has 8 aromatic carbocycles. The Morgan fingerprint density at radius 3 is 1.75 bits per heavy atom. The summed E-state index contributed by atoms with van der Waals surface area (Å²) in [5.41, 5.74) is 12.2. The van der Waals surface area contributed by atoms with Gasteiger partial charge in [-0.15, -0.1) is 0 Å². The van der Waals surface area contributed by atoms with Crippen LogP contribution in [0.25, 0.3) is 28.3 Å². The number of hydrogen-bond donors (Lipinski definition) is 2. The molecule has 434 valence electrons. The molecule has 2 unspecified atom stereocenters. The molecule has 13 heteroatoms. The zero-order chi connectivity index (χ0) is 59.1. The van der Waals surface area contributed by atoms with Gasteiger partial charge in [0, 0.05) is 49.9 Å². The number of halogens is 1. The lowest BCUT2D eigenvalue weighted by molar-refractivity contribution is -0.115. The van der Waals surface area contributed by atoms with Gasteiger partial charge in [-0.05, 0) is 138 Å². The van der Waals surface area contributed by atoms with E-state index in [-0.39, 0.29) is 41.9 Å². The molecule has 2 amide bonds. The number of nitrogens with one attached hydrogen (secondary N) is 1. The Balaban J connectivity index is 0.000000219. The second-order valence-electron chi connectivity index (χ2n) is 22.3. The molecule has 8 aromatic rings. The lowest BCUT2D eigenvalue weighted by Crippen LogP contribution is -2.42. The van der Waals surface area contributed by atoms with E-state index in [1.165, 1.54) is 64.7 Å². The van der Waals surface area contributed by atoms with Gasteiger partial charge in [-0.25, -0.2) is 4.39 Å². The first-order valence-corrected chi connectivity index (χ1v) is 30.2. The van der Waals surface area contributed by atoms with Gasteiger partial charge < -0.3 is 34.6 Å². The summed E-state index contributed by atoms with van der Waals surface area (Å²) in [4.78, 5) is 47.2. The SMILES string of the molecule is CN(Cc1ccc(/C=C2\SC(=S)NC2=O)cc1)C[C@@H]1CC(OCc2ccccc2-c2ccccc2)CN1C(=O)c1ccccc1C(=O)c1ccc(F)cc1.CN(Cc1ccc(CO)cc1)C[C@H]1CCC(OCc2ccccc2-c2ccccc2)C1. The molecule has 0 aromatic heterocycles. The summed E-state index contributed by atoms with van der Waals surface area (Å²) in [5, 5.41) is 11.8. The number of hydrogen-bond acceptors (Lipinski definition) is 10. The number of likely N-dealkylation sites (N-methyl/N-ethyl adjacent to an activating group) is 1. The van der Waals surface area contributed by atoms with Crippen molar-refractivity contribution in [1.29, 1.82) is 0 Å². The van der Waals surface area contributed by atoms with Crippen LogP contribution in [0.5, 0.6) is 0 Å².